The Balaban J connectivity index is 1.87. The van der Waals surface area contributed by atoms with E-state index in [1.165, 1.54) is 0 Å². The fourth-order valence-corrected chi connectivity index (χ4v) is 8.73. The number of hydrogen-bond donors (Lipinski definition) is 2. The molecule has 0 fully saturated rings. The van der Waals surface area contributed by atoms with Gasteiger partial charge in [-0.2, -0.15) is 0 Å². The van der Waals surface area contributed by atoms with Crippen molar-refractivity contribution in [2.45, 2.75) is 23.3 Å². The van der Waals surface area contributed by atoms with E-state index in [-0.39, 0.29) is 10.4 Å². The van der Waals surface area contributed by atoms with Gasteiger partial charge in [0.2, 0.25) is 0 Å². The standard InChI is InChI=1S/C16H20As2O4/c19-17(20,15-9-3-1-4-10-15)13-7-8-14-18(21,22)16-11-5-2-6-12-16/h1-6,9-12H,7-8,13-14H2,(H,19,20)(H,21,22). The molecule has 118 valence electrons. The molecule has 2 atom stereocenters. The molecular weight excluding hydrogens is 406 g/mol. The molecule has 0 aliphatic carbocycles. The van der Waals surface area contributed by atoms with Gasteiger partial charge in [0.25, 0.3) is 0 Å². The molecule has 0 saturated carbocycles. The Morgan fingerprint density at radius 3 is 1.27 bits per heavy atom. The predicted octanol–water partition coefficient (Wildman–Crippen LogP) is 1.31. The summed E-state index contributed by atoms with van der Waals surface area (Å²) >= 11 is -8.07. The van der Waals surface area contributed by atoms with Crippen LogP contribution in [0, 0.1) is 0 Å². The molecule has 0 radical (unpaired) electrons. The van der Waals surface area contributed by atoms with Crippen molar-refractivity contribution in [2.75, 3.05) is 0 Å². The first kappa shape index (κ1) is 17.4. The molecule has 2 unspecified atom stereocenters. The van der Waals surface area contributed by atoms with Crippen LogP contribution >= 0.6 is 0 Å². The number of hydrogen-bond acceptors (Lipinski definition) is 2. The maximum absolute atomic E-state index is 12.3. The molecule has 2 aromatic carbocycles. The molecule has 2 N–H and O–H groups in total. The number of rotatable bonds is 7. The molecule has 0 bridgehead atoms. The van der Waals surface area contributed by atoms with Crippen molar-refractivity contribution in [3.8, 4) is 0 Å². The van der Waals surface area contributed by atoms with E-state index in [0.29, 0.717) is 21.5 Å². The second-order valence-electron chi connectivity index (χ2n) is 5.23. The van der Waals surface area contributed by atoms with E-state index in [9.17, 15) is 15.7 Å². The maximum atomic E-state index is 12.3. The Morgan fingerprint density at radius 2 is 0.955 bits per heavy atom. The van der Waals surface area contributed by atoms with Crippen LogP contribution in [0.25, 0.3) is 0 Å². The molecule has 6 heteroatoms. The SMILES string of the molecule is O=[As](O)(CCCC[As](=O)(O)c1ccccc1)c1ccccc1. The quantitative estimate of drug-likeness (QED) is 0.518. The van der Waals surface area contributed by atoms with Crippen LogP contribution in [-0.2, 0) is 7.48 Å². The average Bonchev–Trinajstić information content (AvgIpc) is 2.53. The summed E-state index contributed by atoms with van der Waals surface area (Å²) in [5.74, 6) is 0. The Hall–Kier alpha value is -0.923. The van der Waals surface area contributed by atoms with Gasteiger partial charge in [0.05, 0.1) is 0 Å². The molecule has 22 heavy (non-hydrogen) atoms. The second kappa shape index (κ2) is 7.57. The Morgan fingerprint density at radius 1 is 0.636 bits per heavy atom. The first-order valence-corrected chi connectivity index (χ1v) is 14.9. The van der Waals surface area contributed by atoms with Gasteiger partial charge in [0, 0.05) is 0 Å². The molecule has 0 aliphatic rings. The summed E-state index contributed by atoms with van der Waals surface area (Å²) in [6.07, 6.45) is 0.973. The zero-order valence-electron chi connectivity index (χ0n) is 12.2. The van der Waals surface area contributed by atoms with Crippen LogP contribution in [0.3, 0.4) is 0 Å². The van der Waals surface area contributed by atoms with Gasteiger partial charge in [0.1, 0.15) is 0 Å². The van der Waals surface area contributed by atoms with Crippen LogP contribution in [0.1, 0.15) is 12.8 Å². The van der Waals surface area contributed by atoms with E-state index in [2.05, 4.69) is 0 Å². The molecule has 0 aromatic heterocycles. The molecule has 0 saturated heterocycles. The van der Waals surface area contributed by atoms with Gasteiger partial charge in [-0.3, -0.25) is 0 Å². The zero-order chi connectivity index (χ0) is 16.1. The van der Waals surface area contributed by atoms with Crippen molar-refractivity contribution in [1.29, 1.82) is 0 Å². The average molecular weight is 426 g/mol. The monoisotopic (exact) mass is 426 g/mol. The van der Waals surface area contributed by atoms with Crippen LogP contribution in [0.15, 0.2) is 60.7 Å². The summed E-state index contributed by atoms with van der Waals surface area (Å²) < 4.78 is 45.8. The molecule has 4 nitrogen and oxygen atoms in total. The minimum atomic E-state index is -4.03. The summed E-state index contributed by atoms with van der Waals surface area (Å²) in [4.78, 5) is 0. The first-order valence-electron chi connectivity index (χ1n) is 7.17. The van der Waals surface area contributed by atoms with Crippen LogP contribution in [0.2, 0.25) is 10.4 Å². The van der Waals surface area contributed by atoms with Crippen molar-refractivity contribution in [3.63, 3.8) is 0 Å². The molecule has 2 rings (SSSR count). The van der Waals surface area contributed by atoms with Crippen molar-refractivity contribution >= 4 is 36.4 Å². The molecule has 2 aromatic rings. The third-order valence-corrected chi connectivity index (χ3v) is 12.0. The van der Waals surface area contributed by atoms with Gasteiger partial charge in [-0.05, 0) is 0 Å². The van der Waals surface area contributed by atoms with E-state index in [1.54, 1.807) is 48.5 Å². The van der Waals surface area contributed by atoms with E-state index >= 15 is 0 Å². The second-order valence-corrected chi connectivity index (χ2v) is 15.2. The van der Waals surface area contributed by atoms with Gasteiger partial charge < -0.3 is 0 Å². The summed E-state index contributed by atoms with van der Waals surface area (Å²) in [5.41, 5.74) is 0. The fraction of sp³-hybridized carbons (Fsp3) is 0.250. The summed E-state index contributed by atoms with van der Waals surface area (Å²) in [7, 11) is 0. The topological polar surface area (TPSA) is 74.6 Å². The fourth-order valence-electron chi connectivity index (χ4n) is 2.23. The van der Waals surface area contributed by atoms with Crippen molar-refractivity contribution in [3.05, 3.63) is 60.7 Å². The first-order chi connectivity index (χ1) is 10.4. The molecular formula is C16H20As2O4. The predicted molar refractivity (Wildman–Crippen MR) is 88.3 cm³/mol. The van der Waals surface area contributed by atoms with Crippen molar-refractivity contribution in [1.82, 2.24) is 0 Å². The molecule has 0 amide bonds. The Labute approximate surface area is 135 Å². The molecule has 0 heterocycles. The van der Waals surface area contributed by atoms with Crippen LogP contribution in [0.4, 0.5) is 0 Å². The Bertz CT molecular complexity index is 624. The Kier molecular flexibility index (Phi) is 5.99. The summed E-state index contributed by atoms with van der Waals surface area (Å²) in [6, 6.07) is 17.3. The van der Waals surface area contributed by atoms with Gasteiger partial charge in [-0.15, -0.1) is 0 Å². The van der Waals surface area contributed by atoms with Gasteiger partial charge >= 0.3 is 136 Å². The third-order valence-electron chi connectivity index (χ3n) is 3.49. The summed E-state index contributed by atoms with van der Waals surface area (Å²) in [6.45, 7) is 0. The minimum absolute atomic E-state index is 0.201. The molecule has 0 spiro atoms. The third kappa shape index (κ3) is 4.79. The molecule has 0 aliphatic heterocycles. The number of benzene rings is 2. The summed E-state index contributed by atoms with van der Waals surface area (Å²) in [5, 5.41) is 0.402. The number of unbranched alkanes of at least 4 members (excludes halogenated alkanes) is 1. The van der Waals surface area contributed by atoms with Gasteiger partial charge in [-0.25, -0.2) is 0 Å². The van der Waals surface area contributed by atoms with Crippen molar-refractivity contribution in [2.24, 2.45) is 0 Å². The van der Waals surface area contributed by atoms with Crippen molar-refractivity contribution < 1.29 is 15.7 Å². The van der Waals surface area contributed by atoms with Gasteiger partial charge in [-0.1, -0.05) is 0 Å². The van der Waals surface area contributed by atoms with Crippen LogP contribution < -0.4 is 8.70 Å². The van der Waals surface area contributed by atoms with E-state index < -0.39 is 27.7 Å². The van der Waals surface area contributed by atoms with Crippen LogP contribution in [0.5, 0.6) is 0 Å². The van der Waals surface area contributed by atoms with Gasteiger partial charge in [0.15, 0.2) is 0 Å². The van der Waals surface area contributed by atoms with E-state index in [1.807, 2.05) is 12.1 Å². The van der Waals surface area contributed by atoms with E-state index in [4.69, 9.17) is 0 Å². The van der Waals surface area contributed by atoms with E-state index in [0.717, 1.165) is 0 Å². The van der Waals surface area contributed by atoms with Crippen LogP contribution in [-0.4, -0.2) is 35.9 Å². The zero-order valence-corrected chi connectivity index (χ0v) is 16.0. The normalized spacial score (nSPS) is 16.6.